The summed E-state index contributed by atoms with van der Waals surface area (Å²) in [5, 5.41) is 8.44. The summed E-state index contributed by atoms with van der Waals surface area (Å²) < 4.78 is 21.8. The van der Waals surface area contributed by atoms with E-state index in [1.807, 2.05) is 30.0 Å². The lowest BCUT2D eigenvalue weighted by Crippen LogP contribution is -2.32. The van der Waals surface area contributed by atoms with E-state index in [0.29, 0.717) is 23.4 Å². The second-order valence-corrected chi connectivity index (χ2v) is 7.83. The van der Waals surface area contributed by atoms with E-state index >= 15 is 0 Å². The number of amides is 1. The molecule has 1 saturated heterocycles. The summed E-state index contributed by atoms with van der Waals surface area (Å²) in [5.41, 5.74) is 1.72. The van der Waals surface area contributed by atoms with Gasteiger partial charge in [-0.2, -0.15) is 0 Å². The molecule has 0 aliphatic carbocycles. The highest BCUT2D eigenvalue weighted by molar-refractivity contribution is 7.99. The molecule has 0 saturated carbocycles. The smallest absolute Gasteiger partial charge is 0.277 e. The highest BCUT2D eigenvalue weighted by Crippen LogP contribution is 2.39. The fourth-order valence-corrected chi connectivity index (χ4v) is 4.33. The number of hydrogen-bond acceptors (Lipinski definition) is 8. The van der Waals surface area contributed by atoms with Gasteiger partial charge in [-0.25, -0.2) is 0 Å². The van der Waals surface area contributed by atoms with Gasteiger partial charge in [0.05, 0.1) is 37.8 Å². The largest absolute Gasteiger partial charge is 0.497 e. The zero-order valence-corrected chi connectivity index (χ0v) is 17.9. The first-order chi connectivity index (χ1) is 14.6. The Labute approximate surface area is 178 Å². The predicted octanol–water partition coefficient (Wildman–Crippen LogP) is 4.11. The molecule has 0 spiro atoms. The Balaban J connectivity index is 1.45. The number of benzene rings is 1. The number of likely N-dealkylation sites (tertiary alicyclic amines) is 1. The van der Waals surface area contributed by atoms with Crippen LogP contribution in [-0.2, 0) is 4.79 Å². The molecule has 4 rings (SSSR count). The van der Waals surface area contributed by atoms with E-state index in [0.717, 1.165) is 35.5 Å². The van der Waals surface area contributed by atoms with Crippen molar-refractivity contribution in [3.05, 3.63) is 41.9 Å². The van der Waals surface area contributed by atoms with Crippen LogP contribution < -0.4 is 9.47 Å². The molecule has 1 aliphatic rings. The number of aryl methyl sites for hydroxylation is 1. The van der Waals surface area contributed by atoms with Crippen molar-refractivity contribution in [1.82, 2.24) is 15.1 Å². The maximum Gasteiger partial charge on any atom is 0.277 e. The van der Waals surface area contributed by atoms with E-state index in [9.17, 15) is 4.79 Å². The van der Waals surface area contributed by atoms with Crippen molar-refractivity contribution in [1.29, 1.82) is 0 Å². The first kappa shape index (κ1) is 20.3. The van der Waals surface area contributed by atoms with Gasteiger partial charge in [0, 0.05) is 12.1 Å². The van der Waals surface area contributed by atoms with Crippen LogP contribution in [0.25, 0.3) is 11.5 Å². The van der Waals surface area contributed by atoms with Gasteiger partial charge < -0.3 is 23.2 Å². The molecule has 30 heavy (non-hydrogen) atoms. The zero-order valence-electron chi connectivity index (χ0n) is 17.1. The van der Waals surface area contributed by atoms with E-state index < -0.39 is 0 Å². The molecular weight excluding hydrogens is 406 g/mol. The van der Waals surface area contributed by atoms with Gasteiger partial charge in [0.1, 0.15) is 17.3 Å². The van der Waals surface area contributed by atoms with Crippen molar-refractivity contribution in [2.24, 2.45) is 0 Å². The van der Waals surface area contributed by atoms with Crippen molar-refractivity contribution in [2.75, 3.05) is 26.5 Å². The molecule has 1 fully saturated rings. The molecule has 1 aromatic carbocycles. The molecule has 3 heterocycles. The van der Waals surface area contributed by atoms with Gasteiger partial charge in [0.2, 0.25) is 5.91 Å². The van der Waals surface area contributed by atoms with Gasteiger partial charge in [-0.1, -0.05) is 11.8 Å². The van der Waals surface area contributed by atoms with Crippen molar-refractivity contribution in [3.8, 4) is 23.0 Å². The summed E-state index contributed by atoms with van der Waals surface area (Å²) >= 11 is 1.24. The van der Waals surface area contributed by atoms with Crippen molar-refractivity contribution in [2.45, 2.75) is 31.0 Å². The van der Waals surface area contributed by atoms with Crippen LogP contribution in [0.1, 0.15) is 30.2 Å². The average Bonchev–Trinajstić information content (AvgIpc) is 3.51. The van der Waals surface area contributed by atoms with E-state index in [-0.39, 0.29) is 17.7 Å². The third-order valence-corrected chi connectivity index (χ3v) is 5.99. The molecule has 0 N–H and O–H groups in total. The molecule has 3 aromatic rings. The van der Waals surface area contributed by atoms with Gasteiger partial charge in [-0.05, 0) is 44.0 Å². The van der Waals surface area contributed by atoms with Crippen LogP contribution in [-0.4, -0.2) is 47.5 Å². The monoisotopic (exact) mass is 429 g/mol. The molecule has 0 radical (unpaired) electrons. The quantitative estimate of drug-likeness (QED) is 0.518. The standard InChI is InChI=1S/C21H23N3O5S/c1-13-15(8-10-28-13)20-22-23-21(29-20)30-12-19(25)24-9-4-5-17(24)16-11-14(26-2)6-7-18(16)27-3/h6-8,10-11,17H,4-5,9,12H2,1-3H3/t17-/m0/s1. The maximum absolute atomic E-state index is 13.0. The molecule has 8 nitrogen and oxygen atoms in total. The summed E-state index contributed by atoms with van der Waals surface area (Å²) in [6.45, 7) is 2.53. The summed E-state index contributed by atoms with van der Waals surface area (Å²) in [6, 6.07) is 7.41. The number of hydrogen-bond donors (Lipinski definition) is 0. The van der Waals surface area contributed by atoms with E-state index in [1.165, 1.54) is 11.8 Å². The number of carbonyl (C=O) groups excluding carboxylic acids is 1. The number of furan rings is 1. The highest BCUT2D eigenvalue weighted by atomic mass is 32.2. The Kier molecular flexibility index (Phi) is 5.98. The van der Waals surface area contributed by atoms with Crippen LogP contribution >= 0.6 is 11.8 Å². The Bertz CT molecular complexity index is 1030. The molecule has 1 amide bonds. The Morgan fingerprint density at radius 2 is 2.13 bits per heavy atom. The minimum absolute atomic E-state index is 0.0200. The molecule has 0 unspecified atom stereocenters. The molecule has 1 atom stereocenters. The zero-order chi connectivity index (χ0) is 21.1. The van der Waals surface area contributed by atoms with Crippen LogP contribution in [0.4, 0.5) is 0 Å². The van der Waals surface area contributed by atoms with E-state index in [1.54, 1.807) is 26.5 Å². The summed E-state index contributed by atoms with van der Waals surface area (Å²) in [4.78, 5) is 14.9. The van der Waals surface area contributed by atoms with Crippen LogP contribution in [0.15, 0.2) is 44.6 Å². The Hall–Kier alpha value is -2.94. The fourth-order valence-electron chi connectivity index (χ4n) is 3.68. The summed E-state index contributed by atoms with van der Waals surface area (Å²) in [5.74, 6) is 2.83. The first-order valence-electron chi connectivity index (χ1n) is 9.63. The van der Waals surface area contributed by atoms with Crippen LogP contribution in [0.3, 0.4) is 0 Å². The number of thioether (sulfide) groups is 1. The van der Waals surface area contributed by atoms with Crippen molar-refractivity contribution >= 4 is 17.7 Å². The summed E-state index contributed by atoms with van der Waals surface area (Å²) in [6.07, 6.45) is 3.39. The van der Waals surface area contributed by atoms with E-state index in [4.69, 9.17) is 18.3 Å². The van der Waals surface area contributed by atoms with Crippen molar-refractivity contribution in [3.63, 3.8) is 0 Å². The molecule has 2 aromatic heterocycles. The number of carbonyl (C=O) groups is 1. The molecule has 9 heteroatoms. The normalized spacial score (nSPS) is 16.1. The molecular formula is C21H23N3O5S. The third-order valence-electron chi connectivity index (χ3n) is 5.18. The second-order valence-electron chi connectivity index (χ2n) is 6.91. The molecule has 1 aliphatic heterocycles. The third kappa shape index (κ3) is 4.02. The first-order valence-corrected chi connectivity index (χ1v) is 10.6. The number of methoxy groups -OCH3 is 2. The van der Waals surface area contributed by atoms with Gasteiger partial charge in [-0.3, -0.25) is 4.79 Å². The van der Waals surface area contributed by atoms with E-state index in [2.05, 4.69) is 10.2 Å². The highest BCUT2D eigenvalue weighted by Gasteiger charge is 2.32. The average molecular weight is 429 g/mol. The van der Waals surface area contributed by atoms with Gasteiger partial charge in [0.15, 0.2) is 0 Å². The lowest BCUT2D eigenvalue weighted by atomic mass is 10.0. The molecule has 0 bridgehead atoms. The molecule has 158 valence electrons. The van der Waals surface area contributed by atoms with Gasteiger partial charge >= 0.3 is 0 Å². The topological polar surface area (TPSA) is 90.8 Å². The number of nitrogens with zero attached hydrogens (tertiary/aromatic N) is 3. The SMILES string of the molecule is COc1ccc(OC)c([C@@H]2CCCN2C(=O)CSc2nnc(-c3ccoc3C)o2)c1. The minimum atomic E-state index is -0.0463. The van der Waals surface area contributed by atoms with Crippen LogP contribution in [0.2, 0.25) is 0 Å². The summed E-state index contributed by atoms with van der Waals surface area (Å²) in [7, 11) is 3.26. The van der Waals surface area contributed by atoms with Crippen LogP contribution in [0, 0.1) is 6.92 Å². The lowest BCUT2D eigenvalue weighted by molar-refractivity contribution is -0.129. The van der Waals surface area contributed by atoms with Gasteiger partial charge in [-0.15, -0.1) is 10.2 Å². The Morgan fingerprint density at radius 3 is 2.87 bits per heavy atom. The lowest BCUT2D eigenvalue weighted by Gasteiger charge is -2.26. The number of ether oxygens (including phenoxy) is 2. The van der Waals surface area contributed by atoms with Crippen molar-refractivity contribution < 1.29 is 23.1 Å². The fraction of sp³-hybridized carbons (Fsp3) is 0.381. The predicted molar refractivity (Wildman–Crippen MR) is 111 cm³/mol. The Morgan fingerprint density at radius 1 is 1.27 bits per heavy atom. The maximum atomic E-state index is 13.0. The van der Waals surface area contributed by atoms with Gasteiger partial charge in [0.25, 0.3) is 11.1 Å². The number of aromatic nitrogens is 2. The number of rotatable bonds is 7. The van der Waals surface area contributed by atoms with Crippen LogP contribution in [0.5, 0.6) is 11.5 Å². The second kappa shape index (κ2) is 8.83. The minimum Gasteiger partial charge on any atom is -0.497 e.